The van der Waals surface area contributed by atoms with Gasteiger partial charge in [0, 0.05) is 51.5 Å². The highest BCUT2D eigenvalue weighted by Crippen LogP contribution is 2.13. The van der Waals surface area contributed by atoms with Gasteiger partial charge in [-0.1, -0.05) is 0 Å². The fraction of sp³-hybridized carbons (Fsp3) is 0.692. The lowest BCUT2D eigenvalue weighted by Crippen LogP contribution is -2.20. The molecule has 1 aromatic heterocycles. The number of rotatable bonds is 8. The Hall–Kier alpha value is -1.40. The van der Waals surface area contributed by atoms with Gasteiger partial charge < -0.3 is 15.4 Å². The fourth-order valence-electron chi connectivity index (χ4n) is 1.93. The van der Waals surface area contributed by atoms with Crippen molar-refractivity contribution in [2.24, 2.45) is 0 Å². The van der Waals surface area contributed by atoms with Crippen molar-refractivity contribution in [2.75, 3.05) is 27.3 Å². The van der Waals surface area contributed by atoms with E-state index in [1.807, 2.05) is 18.5 Å². The molecule has 108 valence electrons. The lowest BCUT2D eigenvalue weighted by Gasteiger charge is -2.06. The van der Waals surface area contributed by atoms with E-state index in [2.05, 4.69) is 15.7 Å². The van der Waals surface area contributed by atoms with Crippen LogP contribution in [0.25, 0.3) is 0 Å². The molecule has 0 atom stereocenters. The third kappa shape index (κ3) is 4.65. The molecule has 0 bridgehead atoms. The maximum absolute atomic E-state index is 11.3. The monoisotopic (exact) mass is 268 g/mol. The van der Waals surface area contributed by atoms with Gasteiger partial charge in [-0.2, -0.15) is 5.10 Å². The second-order valence-electron chi connectivity index (χ2n) is 4.47. The van der Waals surface area contributed by atoms with Gasteiger partial charge in [0.1, 0.15) is 0 Å². The maximum atomic E-state index is 11.3. The highest BCUT2D eigenvalue weighted by Gasteiger charge is 2.11. The van der Waals surface area contributed by atoms with Crippen LogP contribution in [0.15, 0.2) is 0 Å². The van der Waals surface area contributed by atoms with E-state index in [9.17, 15) is 4.79 Å². The summed E-state index contributed by atoms with van der Waals surface area (Å²) < 4.78 is 6.90. The number of methoxy groups -OCH3 is 1. The van der Waals surface area contributed by atoms with Gasteiger partial charge >= 0.3 is 0 Å². The van der Waals surface area contributed by atoms with Crippen LogP contribution in [0, 0.1) is 13.8 Å². The lowest BCUT2D eigenvalue weighted by atomic mass is 10.2. The van der Waals surface area contributed by atoms with Gasteiger partial charge in [-0.3, -0.25) is 9.48 Å². The summed E-state index contributed by atoms with van der Waals surface area (Å²) in [5, 5.41) is 10.4. The summed E-state index contributed by atoms with van der Waals surface area (Å²) in [5.41, 5.74) is 3.33. The molecular formula is C13H24N4O2. The van der Waals surface area contributed by atoms with Gasteiger partial charge in [0.05, 0.1) is 12.3 Å². The molecule has 2 N–H and O–H groups in total. The van der Waals surface area contributed by atoms with Crippen molar-refractivity contribution in [2.45, 2.75) is 33.4 Å². The molecule has 1 heterocycles. The van der Waals surface area contributed by atoms with Crippen LogP contribution in [0.4, 0.5) is 0 Å². The van der Waals surface area contributed by atoms with E-state index in [-0.39, 0.29) is 5.91 Å². The number of carbonyl (C=O) groups is 1. The van der Waals surface area contributed by atoms with Crippen LogP contribution in [0.5, 0.6) is 0 Å². The molecule has 0 aliphatic heterocycles. The van der Waals surface area contributed by atoms with Crippen molar-refractivity contribution >= 4 is 5.91 Å². The first-order valence-electron chi connectivity index (χ1n) is 6.53. The summed E-state index contributed by atoms with van der Waals surface area (Å²) in [6.45, 7) is 6.95. The molecule has 0 saturated heterocycles. The first kappa shape index (κ1) is 15.7. The average molecular weight is 268 g/mol. The third-order valence-corrected chi connectivity index (χ3v) is 3.15. The van der Waals surface area contributed by atoms with Crippen LogP contribution in [0.1, 0.15) is 23.4 Å². The zero-order chi connectivity index (χ0) is 14.3. The molecule has 19 heavy (non-hydrogen) atoms. The molecule has 1 aromatic rings. The number of amides is 1. The fourth-order valence-corrected chi connectivity index (χ4v) is 1.93. The minimum Gasteiger partial charge on any atom is -0.383 e. The number of aryl methyl sites for hydroxylation is 2. The summed E-state index contributed by atoms with van der Waals surface area (Å²) in [4.78, 5) is 11.3. The topological polar surface area (TPSA) is 68.2 Å². The van der Waals surface area contributed by atoms with Crippen LogP contribution in [0.2, 0.25) is 0 Å². The Morgan fingerprint density at radius 2 is 2.16 bits per heavy atom. The Labute approximate surface area is 114 Å². The van der Waals surface area contributed by atoms with E-state index in [1.54, 1.807) is 14.2 Å². The molecule has 0 spiro atoms. The Morgan fingerprint density at radius 1 is 1.42 bits per heavy atom. The Balaban J connectivity index is 2.58. The van der Waals surface area contributed by atoms with E-state index in [1.165, 1.54) is 5.56 Å². The number of hydrogen-bond donors (Lipinski definition) is 2. The highest BCUT2D eigenvalue weighted by molar-refractivity contribution is 5.75. The second-order valence-corrected chi connectivity index (χ2v) is 4.47. The maximum Gasteiger partial charge on any atom is 0.221 e. The number of carbonyl (C=O) groups excluding carboxylic acids is 1. The normalized spacial score (nSPS) is 10.7. The largest absolute Gasteiger partial charge is 0.383 e. The minimum atomic E-state index is 0.0346. The van der Waals surface area contributed by atoms with Crippen molar-refractivity contribution in [1.29, 1.82) is 0 Å². The summed E-state index contributed by atoms with van der Waals surface area (Å²) in [6, 6.07) is 0. The van der Waals surface area contributed by atoms with E-state index in [0.717, 1.165) is 24.5 Å². The summed E-state index contributed by atoms with van der Waals surface area (Å²) >= 11 is 0. The zero-order valence-electron chi connectivity index (χ0n) is 12.2. The van der Waals surface area contributed by atoms with Gasteiger partial charge in [0.25, 0.3) is 0 Å². The Bertz CT molecular complexity index is 415. The van der Waals surface area contributed by atoms with Crippen LogP contribution >= 0.6 is 0 Å². The average Bonchev–Trinajstić information content (AvgIpc) is 2.67. The van der Waals surface area contributed by atoms with E-state index >= 15 is 0 Å². The summed E-state index contributed by atoms with van der Waals surface area (Å²) in [6.07, 6.45) is 0.453. The van der Waals surface area contributed by atoms with Gasteiger partial charge in [-0.25, -0.2) is 0 Å². The standard InChI is InChI=1S/C13H24N4O2/c1-10-12(9-15-6-8-19-4)11(2)17(16-10)7-5-13(18)14-3/h15H,5-9H2,1-4H3,(H,14,18). The van der Waals surface area contributed by atoms with Crippen molar-refractivity contribution in [3.05, 3.63) is 17.0 Å². The number of nitrogens with one attached hydrogen (secondary N) is 2. The molecule has 6 heteroatoms. The minimum absolute atomic E-state index is 0.0346. The van der Waals surface area contributed by atoms with E-state index in [0.29, 0.717) is 19.6 Å². The molecule has 0 saturated carbocycles. The smallest absolute Gasteiger partial charge is 0.221 e. The van der Waals surface area contributed by atoms with Gasteiger partial charge in [-0.05, 0) is 13.8 Å². The van der Waals surface area contributed by atoms with Gasteiger partial charge in [0.15, 0.2) is 0 Å². The molecular weight excluding hydrogens is 244 g/mol. The molecule has 0 aliphatic carbocycles. The molecule has 0 aliphatic rings. The first-order chi connectivity index (χ1) is 9.10. The quantitative estimate of drug-likeness (QED) is 0.669. The summed E-state index contributed by atoms with van der Waals surface area (Å²) in [7, 11) is 3.34. The molecule has 6 nitrogen and oxygen atoms in total. The van der Waals surface area contributed by atoms with Crippen molar-refractivity contribution in [1.82, 2.24) is 20.4 Å². The Morgan fingerprint density at radius 3 is 2.79 bits per heavy atom. The van der Waals surface area contributed by atoms with Gasteiger partial charge in [0.2, 0.25) is 5.91 Å². The lowest BCUT2D eigenvalue weighted by molar-refractivity contribution is -0.120. The van der Waals surface area contributed by atoms with Crippen molar-refractivity contribution in [3.8, 4) is 0 Å². The van der Waals surface area contributed by atoms with Crippen LogP contribution in [-0.4, -0.2) is 43.0 Å². The molecule has 0 unspecified atom stereocenters. The van der Waals surface area contributed by atoms with Crippen molar-refractivity contribution in [3.63, 3.8) is 0 Å². The SMILES string of the molecule is CNC(=O)CCn1nc(C)c(CNCCOC)c1C. The number of ether oxygens (including phenoxy) is 1. The zero-order valence-corrected chi connectivity index (χ0v) is 12.2. The molecule has 1 amide bonds. The Kier molecular flexibility index (Phi) is 6.52. The van der Waals surface area contributed by atoms with E-state index < -0.39 is 0 Å². The highest BCUT2D eigenvalue weighted by atomic mass is 16.5. The molecule has 0 radical (unpaired) electrons. The number of aromatic nitrogens is 2. The second kappa shape index (κ2) is 7.91. The third-order valence-electron chi connectivity index (χ3n) is 3.15. The molecule has 0 fully saturated rings. The predicted octanol–water partition coefficient (Wildman–Crippen LogP) is 0.372. The predicted molar refractivity (Wildman–Crippen MR) is 74.0 cm³/mol. The first-order valence-corrected chi connectivity index (χ1v) is 6.53. The van der Waals surface area contributed by atoms with Gasteiger partial charge in [-0.15, -0.1) is 0 Å². The molecule has 0 aromatic carbocycles. The number of hydrogen-bond acceptors (Lipinski definition) is 4. The van der Waals surface area contributed by atoms with E-state index in [4.69, 9.17) is 4.74 Å². The molecule has 1 rings (SSSR count). The van der Waals surface area contributed by atoms with Crippen LogP contribution in [0.3, 0.4) is 0 Å². The van der Waals surface area contributed by atoms with Crippen LogP contribution in [-0.2, 0) is 22.6 Å². The van der Waals surface area contributed by atoms with Crippen LogP contribution < -0.4 is 10.6 Å². The summed E-state index contributed by atoms with van der Waals surface area (Å²) in [5.74, 6) is 0.0346. The van der Waals surface area contributed by atoms with Crippen molar-refractivity contribution < 1.29 is 9.53 Å². The number of nitrogens with zero attached hydrogens (tertiary/aromatic N) is 2.